The summed E-state index contributed by atoms with van der Waals surface area (Å²) in [4.78, 5) is 8.44. The van der Waals surface area contributed by atoms with Gasteiger partial charge in [-0.25, -0.2) is 9.98 Å². The topological polar surface area (TPSA) is 79.0 Å². The SMILES string of the molecule is NC1=N[C@]2(CO1)c1cc(-c3cccnc3F)ccc1O[C@@H]1COCC[C@H]12. The molecular weight excluding hydrogens is 337 g/mol. The molecule has 3 aliphatic heterocycles. The minimum atomic E-state index is -0.624. The highest BCUT2D eigenvalue weighted by molar-refractivity contribution is 5.75. The minimum Gasteiger partial charge on any atom is -0.487 e. The Kier molecular flexibility index (Phi) is 3.40. The minimum absolute atomic E-state index is 0.0961. The van der Waals surface area contributed by atoms with Crippen LogP contribution in [0, 0.1) is 11.9 Å². The van der Waals surface area contributed by atoms with Crippen molar-refractivity contribution in [3.63, 3.8) is 0 Å². The van der Waals surface area contributed by atoms with Crippen molar-refractivity contribution in [2.75, 3.05) is 19.8 Å². The zero-order chi connectivity index (χ0) is 17.7. The fraction of sp³-hybridized carbons (Fsp3) is 0.368. The van der Waals surface area contributed by atoms with E-state index in [9.17, 15) is 4.39 Å². The fourth-order valence-corrected chi connectivity index (χ4v) is 4.25. The first-order chi connectivity index (χ1) is 12.7. The molecule has 0 saturated carbocycles. The number of ether oxygens (including phenoxy) is 3. The first-order valence-electron chi connectivity index (χ1n) is 8.65. The standard InChI is InChI=1S/C19H18FN3O3/c20-17-12(2-1-6-22-17)11-3-4-15-14(8-11)19(10-25-18(21)23-19)13-5-7-24-9-16(13)26-15/h1-4,6,8,13,16H,5,7,9-10H2,(H2,21,23)/t13-,16-,19+/m1/s1. The highest BCUT2D eigenvalue weighted by atomic mass is 19.1. The second-order valence-corrected chi connectivity index (χ2v) is 6.84. The summed E-state index contributed by atoms with van der Waals surface area (Å²) in [6.07, 6.45) is 2.13. The molecule has 1 aromatic heterocycles. The maximum atomic E-state index is 14.2. The van der Waals surface area contributed by atoms with Gasteiger partial charge >= 0.3 is 0 Å². The highest BCUT2D eigenvalue weighted by Gasteiger charge is 2.54. The van der Waals surface area contributed by atoms with Gasteiger partial charge in [0.1, 0.15) is 24.0 Å². The van der Waals surface area contributed by atoms with E-state index in [0.29, 0.717) is 31.1 Å². The lowest BCUT2D eigenvalue weighted by Crippen LogP contribution is -2.52. The van der Waals surface area contributed by atoms with E-state index < -0.39 is 11.5 Å². The molecule has 3 atom stereocenters. The van der Waals surface area contributed by atoms with Crippen molar-refractivity contribution < 1.29 is 18.6 Å². The van der Waals surface area contributed by atoms with Gasteiger partial charge in [0.2, 0.25) is 5.95 Å². The smallest absolute Gasteiger partial charge is 0.283 e. The van der Waals surface area contributed by atoms with E-state index >= 15 is 0 Å². The van der Waals surface area contributed by atoms with E-state index in [4.69, 9.17) is 19.9 Å². The van der Waals surface area contributed by atoms with Crippen molar-refractivity contribution in [3.8, 4) is 16.9 Å². The number of benzene rings is 1. The Labute approximate surface area is 149 Å². The van der Waals surface area contributed by atoms with Crippen LogP contribution in [0.1, 0.15) is 12.0 Å². The van der Waals surface area contributed by atoms with Crippen molar-refractivity contribution >= 4 is 6.02 Å². The maximum Gasteiger partial charge on any atom is 0.283 e. The van der Waals surface area contributed by atoms with Crippen LogP contribution >= 0.6 is 0 Å². The van der Waals surface area contributed by atoms with Gasteiger partial charge in [-0.15, -0.1) is 0 Å². The van der Waals surface area contributed by atoms with E-state index in [-0.39, 0.29) is 18.0 Å². The molecule has 134 valence electrons. The van der Waals surface area contributed by atoms with Gasteiger partial charge in [0.15, 0.2) is 0 Å². The summed E-state index contributed by atoms with van der Waals surface area (Å²) in [5, 5.41) is 0. The van der Waals surface area contributed by atoms with Crippen LogP contribution in [0.5, 0.6) is 5.75 Å². The van der Waals surface area contributed by atoms with Gasteiger partial charge < -0.3 is 19.9 Å². The molecule has 0 amide bonds. The van der Waals surface area contributed by atoms with Crippen LogP contribution in [0.25, 0.3) is 11.1 Å². The van der Waals surface area contributed by atoms with E-state index in [1.807, 2.05) is 18.2 Å². The molecule has 0 unspecified atom stereocenters. The Bertz CT molecular complexity index is 903. The molecule has 7 heteroatoms. The number of nitrogens with two attached hydrogens (primary N) is 1. The van der Waals surface area contributed by atoms with Crippen LogP contribution in [0.3, 0.4) is 0 Å². The zero-order valence-corrected chi connectivity index (χ0v) is 14.0. The number of rotatable bonds is 1. The largest absolute Gasteiger partial charge is 0.487 e. The number of aromatic nitrogens is 1. The van der Waals surface area contributed by atoms with Gasteiger partial charge in [0.25, 0.3) is 6.02 Å². The predicted molar refractivity (Wildman–Crippen MR) is 92.2 cm³/mol. The number of fused-ring (bicyclic) bond motifs is 4. The summed E-state index contributed by atoms with van der Waals surface area (Å²) in [6.45, 7) is 1.52. The number of pyridine rings is 1. The van der Waals surface area contributed by atoms with E-state index in [1.54, 1.807) is 12.1 Å². The monoisotopic (exact) mass is 355 g/mol. The molecule has 3 aliphatic rings. The Morgan fingerprint density at radius 1 is 1.27 bits per heavy atom. The summed E-state index contributed by atoms with van der Waals surface area (Å²) in [7, 11) is 0. The first-order valence-corrected chi connectivity index (χ1v) is 8.65. The summed E-state index contributed by atoms with van der Waals surface area (Å²) in [5.74, 6) is 0.304. The molecule has 2 N–H and O–H groups in total. The maximum absolute atomic E-state index is 14.2. The molecule has 1 fully saturated rings. The van der Waals surface area contributed by atoms with Crippen LogP contribution in [-0.2, 0) is 15.0 Å². The first kappa shape index (κ1) is 15.6. The molecule has 5 rings (SSSR count). The normalized spacial score (nSPS) is 29.3. The number of hydrogen-bond acceptors (Lipinski definition) is 6. The third-order valence-corrected chi connectivity index (χ3v) is 5.46. The van der Waals surface area contributed by atoms with Crippen LogP contribution in [0.15, 0.2) is 41.5 Å². The summed E-state index contributed by atoms with van der Waals surface area (Å²) < 4.78 is 31.5. The van der Waals surface area contributed by atoms with E-state index in [1.165, 1.54) is 6.20 Å². The second-order valence-electron chi connectivity index (χ2n) is 6.84. The van der Waals surface area contributed by atoms with E-state index in [0.717, 1.165) is 17.5 Å². The molecule has 1 aromatic carbocycles. The highest BCUT2D eigenvalue weighted by Crippen LogP contribution is 2.51. The van der Waals surface area contributed by atoms with Gasteiger partial charge in [0, 0.05) is 29.8 Å². The quantitative estimate of drug-likeness (QED) is 0.794. The van der Waals surface area contributed by atoms with Crippen LogP contribution in [0.2, 0.25) is 0 Å². The van der Waals surface area contributed by atoms with Gasteiger partial charge in [-0.3, -0.25) is 0 Å². The van der Waals surface area contributed by atoms with Crippen LogP contribution in [0.4, 0.5) is 4.39 Å². The molecule has 26 heavy (non-hydrogen) atoms. The molecule has 0 radical (unpaired) electrons. The lowest BCUT2D eigenvalue weighted by Gasteiger charge is -2.45. The lowest BCUT2D eigenvalue weighted by molar-refractivity contribution is -0.0732. The second kappa shape index (κ2) is 5.67. The van der Waals surface area contributed by atoms with Crippen molar-refractivity contribution in [1.29, 1.82) is 0 Å². The average molecular weight is 355 g/mol. The molecule has 1 spiro atoms. The van der Waals surface area contributed by atoms with E-state index in [2.05, 4.69) is 9.98 Å². The molecule has 2 aromatic rings. The third-order valence-electron chi connectivity index (χ3n) is 5.46. The van der Waals surface area contributed by atoms with Gasteiger partial charge in [-0.2, -0.15) is 4.39 Å². The summed E-state index contributed by atoms with van der Waals surface area (Å²) in [5.41, 5.74) is 7.30. The van der Waals surface area contributed by atoms with Crippen molar-refractivity contribution in [2.45, 2.75) is 18.1 Å². The third kappa shape index (κ3) is 2.20. The predicted octanol–water partition coefficient (Wildman–Crippen LogP) is 2.23. The lowest BCUT2D eigenvalue weighted by atomic mass is 9.71. The van der Waals surface area contributed by atoms with Crippen molar-refractivity contribution in [1.82, 2.24) is 4.98 Å². The fourth-order valence-electron chi connectivity index (χ4n) is 4.25. The average Bonchev–Trinajstić information content (AvgIpc) is 3.05. The number of hydrogen-bond donors (Lipinski definition) is 1. The van der Waals surface area contributed by atoms with Crippen LogP contribution in [-0.4, -0.2) is 36.9 Å². The summed E-state index contributed by atoms with van der Waals surface area (Å²) in [6, 6.07) is 9.22. The molecule has 4 heterocycles. The van der Waals surface area contributed by atoms with Crippen molar-refractivity contribution in [2.24, 2.45) is 16.6 Å². The molecule has 6 nitrogen and oxygen atoms in total. The Balaban J connectivity index is 1.69. The summed E-state index contributed by atoms with van der Waals surface area (Å²) >= 11 is 0. The Morgan fingerprint density at radius 2 is 2.19 bits per heavy atom. The Hall–Kier alpha value is -2.67. The molecule has 0 aliphatic carbocycles. The van der Waals surface area contributed by atoms with Gasteiger partial charge in [-0.05, 0) is 36.2 Å². The van der Waals surface area contributed by atoms with Crippen molar-refractivity contribution in [3.05, 3.63) is 48.0 Å². The van der Waals surface area contributed by atoms with Crippen LogP contribution < -0.4 is 10.5 Å². The Morgan fingerprint density at radius 3 is 3.00 bits per heavy atom. The van der Waals surface area contributed by atoms with Gasteiger partial charge in [-0.1, -0.05) is 6.07 Å². The number of amidine groups is 1. The molecular formula is C19H18FN3O3. The molecule has 0 bridgehead atoms. The number of nitrogens with zero attached hydrogens (tertiary/aromatic N) is 2. The number of halogens is 1. The molecule has 1 saturated heterocycles. The number of aliphatic imine (C=N–C) groups is 1. The van der Waals surface area contributed by atoms with Gasteiger partial charge in [0.05, 0.1) is 6.61 Å². The zero-order valence-electron chi connectivity index (χ0n) is 14.0.